The lowest BCUT2D eigenvalue weighted by Gasteiger charge is -2.21. The van der Waals surface area contributed by atoms with Crippen LogP contribution in [0.1, 0.15) is 0 Å². The van der Waals surface area contributed by atoms with Gasteiger partial charge in [-0.2, -0.15) is 0 Å². The van der Waals surface area contributed by atoms with Gasteiger partial charge in [-0.25, -0.2) is 0 Å². The molecule has 7 heteroatoms. The maximum atomic E-state index is 11.3. The number of carbonyl (C=O) groups is 2. The van der Waals surface area contributed by atoms with E-state index in [1.807, 2.05) is 0 Å². The molecule has 0 spiro atoms. The molecule has 1 aliphatic heterocycles. The summed E-state index contributed by atoms with van der Waals surface area (Å²) in [5.41, 5.74) is 0. The van der Waals surface area contributed by atoms with E-state index in [0.29, 0.717) is 0 Å². The van der Waals surface area contributed by atoms with E-state index in [0.717, 1.165) is 4.90 Å². The molecule has 0 bridgehead atoms. The van der Waals surface area contributed by atoms with E-state index in [-0.39, 0.29) is 10.1 Å². The Morgan fingerprint density at radius 2 is 2.21 bits per heavy atom. The van der Waals surface area contributed by atoms with E-state index in [1.165, 1.54) is 7.11 Å². The first-order valence-corrected chi connectivity index (χ1v) is 4.35. The Hall–Kier alpha value is -0.780. The number of hydrogen-bond donors (Lipinski definition) is 1. The SMILES string of the molecule is CO[C@@H]1C(Cl)=C(Cl)C(=O)N1CC(=O)O. The number of nitrogens with zero attached hydrogens (tertiary/aromatic N) is 1. The Balaban J connectivity index is 2.89. The third kappa shape index (κ3) is 1.84. The highest BCUT2D eigenvalue weighted by molar-refractivity contribution is 6.49. The van der Waals surface area contributed by atoms with Crippen molar-refractivity contribution in [1.29, 1.82) is 0 Å². The molecule has 14 heavy (non-hydrogen) atoms. The molecule has 0 aromatic rings. The van der Waals surface area contributed by atoms with Crippen molar-refractivity contribution in [3.63, 3.8) is 0 Å². The molecule has 0 aliphatic carbocycles. The molecule has 0 saturated carbocycles. The summed E-state index contributed by atoms with van der Waals surface area (Å²) in [6.45, 7) is -0.496. The van der Waals surface area contributed by atoms with Gasteiger partial charge < -0.3 is 9.84 Å². The summed E-state index contributed by atoms with van der Waals surface area (Å²) in [6.07, 6.45) is -0.896. The molecular weight excluding hydrogens is 233 g/mol. The molecule has 0 aromatic carbocycles. The fourth-order valence-electron chi connectivity index (χ4n) is 1.11. The summed E-state index contributed by atoms with van der Waals surface area (Å²) in [4.78, 5) is 22.7. The van der Waals surface area contributed by atoms with Crippen molar-refractivity contribution in [3.8, 4) is 0 Å². The van der Waals surface area contributed by atoms with Gasteiger partial charge in [0.2, 0.25) is 0 Å². The molecule has 5 nitrogen and oxygen atoms in total. The molecule has 1 N–H and O–H groups in total. The van der Waals surface area contributed by atoms with Crippen LogP contribution in [-0.4, -0.2) is 41.8 Å². The highest BCUT2D eigenvalue weighted by Gasteiger charge is 2.38. The van der Waals surface area contributed by atoms with E-state index in [9.17, 15) is 9.59 Å². The van der Waals surface area contributed by atoms with Gasteiger partial charge in [-0.1, -0.05) is 23.2 Å². The van der Waals surface area contributed by atoms with Crippen molar-refractivity contribution in [2.24, 2.45) is 0 Å². The third-order valence-electron chi connectivity index (χ3n) is 1.69. The lowest BCUT2D eigenvalue weighted by molar-refractivity contribution is -0.147. The summed E-state index contributed by atoms with van der Waals surface area (Å²) >= 11 is 11.2. The van der Waals surface area contributed by atoms with Crippen LogP contribution in [0.25, 0.3) is 0 Å². The van der Waals surface area contributed by atoms with Gasteiger partial charge in [-0.3, -0.25) is 14.5 Å². The summed E-state index contributed by atoms with van der Waals surface area (Å²) in [6, 6.07) is 0. The minimum atomic E-state index is -1.16. The molecule has 0 saturated heterocycles. The van der Waals surface area contributed by atoms with E-state index in [1.54, 1.807) is 0 Å². The number of hydrogen-bond acceptors (Lipinski definition) is 3. The summed E-state index contributed by atoms with van der Waals surface area (Å²) in [5, 5.41) is 8.34. The first kappa shape index (κ1) is 11.3. The van der Waals surface area contributed by atoms with Crippen LogP contribution in [0.3, 0.4) is 0 Å². The van der Waals surface area contributed by atoms with E-state index >= 15 is 0 Å². The number of halogens is 2. The van der Waals surface area contributed by atoms with Crippen LogP contribution >= 0.6 is 23.2 Å². The molecular formula is C7H7Cl2NO4. The number of ether oxygens (including phenoxy) is 1. The number of carbonyl (C=O) groups excluding carboxylic acids is 1. The zero-order chi connectivity index (χ0) is 10.9. The van der Waals surface area contributed by atoms with Crippen LogP contribution in [-0.2, 0) is 14.3 Å². The average Bonchev–Trinajstić information content (AvgIpc) is 2.31. The molecule has 0 unspecified atom stereocenters. The first-order valence-electron chi connectivity index (χ1n) is 3.59. The van der Waals surface area contributed by atoms with Gasteiger partial charge >= 0.3 is 5.97 Å². The molecule has 1 aliphatic rings. The standard InChI is InChI=1S/C7H7Cl2NO4/c1-14-7-5(9)4(8)6(13)10(7)2-3(11)12/h7H,2H2,1H3,(H,11,12)/t7-/m1/s1. The van der Waals surface area contributed by atoms with E-state index < -0.39 is 24.6 Å². The molecule has 0 aromatic heterocycles. The van der Waals surface area contributed by atoms with Crippen LogP contribution in [0, 0.1) is 0 Å². The quantitative estimate of drug-likeness (QED) is 0.783. The second-order valence-electron chi connectivity index (χ2n) is 2.58. The van der Waals surface area contributed by atoms with Crippen LogP contribution in [0.5, 0.6) is 0 Å². The highest BCUT2D eigenvalue weighted by atomic mass is 35.5. The number of aliphatic carboxylic acids is 1. The lowest BCUT2D eigenvalue weighted by atomic mass is 10.5. The molecule has 0 fully saturated rings. The zero-order valence-electron chi connectivity index (χ0n) is 7.16. The second-order valence-corrected chi connectivity index (χ2v) is 3.36. The fourth-order valence-corrected chi connectivity index (χ4v) is 1.60. The smallest absolute Gasteiger partial charge is 0.323 e. The third-order valence-corrected chi connectivity index (χ3v) is 2.52. The summed E-state index contributed by atoms with van der Waals surface area (Å²) in [5.74, 6) is -1.79. The largest absolute Gasteiger partial charge is 0.480 e. The highest BCUT2D eigenvalue weighted by Crippen LogP contribution is 2.31. The minimum absolute atomic E-state index is 0.0143. The van der Waals surface area contributed by atoms with Gasteiger partial charge in [0, 0.05) is 7.11 Å². The Morgan fingerprint density at radius 3 is 2.64 bits per heavy atom. The minimum Gasteiger partial charge on any atom is -0.480 e. The monoisotopic (exact) mass is 239 g/mol. The van der Waals surface area contributed by atoms with Crippen LogP contribution < -0.4 is 0 Å². The van der Waals surface area contributed by atoms with Crippen LogP contribution in [0.15, 0.2) is 10.1 Å². The number of amides is 1. The maximum Gasteiger partial charge on any atom is 0.323 e. The topological polar surface area (TPSA) is 66.8 Å². The van der Waals surface area contributed by atoms with Gasteiger partial charge in [0.1, 0.15) is 11.6 Å². The zero-order valence-corrected chi connectivity index (χ0v) is 8.67. The van der Waals surface area contributed by atoms with Crippen molar-refractivity contribution in [3.05, 3.63) is 10.1 Å². The maximum absolute atomic E-state index is 11.3. The number of carboxylic acids is 1. The van der Waals surface area contributed by atoms with Crippen LogP contribution in [0.4, 0.5) is 0 Å². The van der Waals surface area contributed by atoms with Crippen molar-refractivity contribution in [1.82, 2.24) is 4.90 Å². The Bertz CT molecular complexity index is 315. The van der Waals surface area contributed by atoms with Crippen LogP contribution in [0.2, 0.25) is 0 Å². The van der Waals surface area contributed by atoms with Crippen molar-refractivity contribution in [2.45, 2.75) is 6.23 Å². The second kappa shape index (κ2) is 4.16. The predicted octanol–water partition coefficient (Wildman–Crippen LogP) is 0.575. The van der Waals surface area contributed by atoms with Crippen molar-refractivity contribution < 1.29 is 19.4 Å². The molecule has 1 heterocycles. The van der Waals surface area contributed by atoms with Gasteiger partial charge in [0.15, 0.2) is 6.23 Å². The summed E-state index contributed by atoms with van der Waals surface area (Å²) < 4.78 is 4.85. The fraction of sp³-hybridized carbons (Fsp3) is 0.429. The van der Waals surface area contributed by atoms with Crippen molar-refractivity contribution >= 4 is 35.1 Å². The first-order chi connectivity index (χ1) is 6.49. The molecule has 1 atom stereocenters. The average molecular weight is 240 g/mol. The number of carboxylic acid groups (broad SMARTS) is 1. The molecule has 0 radical (unpaired) electrons. The van der Waals surface area contributed by atoms with Gasteiger partial charge in [-0.15, -0.1) is 0 Å². The predicted molar refractivity (Wildman–Crippen MR) is 48.9 cm³/mol. The Labute approximate surface area is 89.8 Å². The van der Waals surface area contributed by atoms with Gasteiger partial charge in [0.25, 0.3) is 5.91 Å². The lowest BCUT2D eigenvalue weighted by Crippen LogP contribution is -2.40. The summed E-state index contributed by atoms with van der Waals surface area (Å²) in [7, 11) is 1.31. The van der Waals surface area contributed by atoms with E-state index in [4.69, 9.17) is 33.0 Å². The Kier molecular flexibility index (Phi) is 3.36. The number of methoxy groups -OCH3 is 1. The molecule has 1 amide bonds. The van der Waals surface area contributed by atoms with Gasteiger partial charge in [0.05, 0.1) is 5.03 Å². The normalized spacial score (nSPS) is 22.1. The molecule has 78 valence electrons. The Morgan fingerprint density at radius 1 is 1.64 bits per heavy atom. The number of rotatable bonds is 3. The van der Waals surface area contributed by atoms with E-state index in [2.05, 4.69) is 0 Å². The van der Waals surface area contributed by atoms with Crippen molar-refractivity contribution in [2.75, 3.05) is 13.7 Å². The van der Waals surface area contributed by atoms with Gasteiger partial charge in [-0.05, 0) is 0 Å². The molecule has 1 rings (SSSR count).